The predicted octanol–water partition coefficient (Wildman–Crippen LogP) is 9.65. The second-order valence-electron chi connectivity index (χ2n) is 8.88. The van der Waals surface area contributed by atoms with Crippen LogP contribution in [0.2, 0.25) is 0 Å². The van der Waals surface area contributed by atoms with E-state index in [1.165, 1.54) is 148 Å². The lowest BCUT2D eigenvalue weighted by Gasteiger charge is -2.04. The first-order valence-electron chi connectivity index (χ1n) is 13.1. The SMILES string of the molecule is CCCCCCCCCCCCCCCCCCCCCCCCCC[NH]. The summed E-state index contributed by atoms with van der Waals surface area (Å²) in [5, 5.41) is 0. The van der Waals surface area contributed by atoms with Gasteiger partial charge in [-0.2, -0.15) is 0 Å². The average molecular weight is 381 g/mol. The highest BCUT2D eigenvalue weighted by Crippen LogP contribution is 2.15. The normalized spacial score (nSPS) is 11.3. The fraction of sp³-hybridized carbons (Fsp3) is 1.00. The molecule has 163 valence electrons. The van der Waals surface area contributed by atoms with Crippen molar-refractivity contribution in [1.82, 2.24) is 5.73 Å². The van der Waals surface area contributed by atoms with Gasteiger partial charge in [0.1, 0.15) is 0 Å². The van der Waals surface area contributed by atoms with Gasteiger partial charge in [0.2, 0.25) is 0 Å². The molecule has 0 bridgehead atoms. The molecular weight excluding hydrogens is 326 g/mol. The fourth-order valence-electron chi connectivity index (χ4n) is 4.09. The van der Waals surface area contributed by atoms with E-state index in [1.54, 1.807) is 0 Å². The van der Waals surface area contributed by atoms with Crippen LogP contribution in [0.4, 0.5) is 0 Å². The lowest BCUT2D eigenvalue weighted by molar-refractivity contribution is 0.517. The van der Waals surface area contributed by atoms with Gasteiger partial charge in [0.15, 0.2) is 0 Å². The Balaban J connectivity index is 2.95. The van der Waals surface area contributed by atoms with E-state index in [-0.39, 0.29) is 0 Å². The van der Waals surface area contributed by atoms with E-state index in [0.717, 1.165) is 6.42 Å². The Morgan fingerprint density at radius 2 is 0.481 bits per heavy atom. The van der Waals surface area contributed by atoms with Crippen molar-refractivity contribution in [2.24, 2.45) is 0 Å². The van der Waals surface area contributed by atoms with Gasteiger partial charge >= 0.3 is 0 Å². The van der Waals surface area contributed by atoms with Gasteiger partial charge in [-0.1, -0.05) is 155 Å². The van der Waals surface area contributed by atoms with Gasteiger partial charge in [-0.3, -0.25) is 5.73 Å². The summed E-state index contributed by atoms with van der Waals surface area (Å²) in [5.74, 6) is 0. The fourth-order valence-corrected chi connectivity index (χ4v) is 4.09. The summed E-state index contributed by atoms with van der Waals surface area (Å²) in [6.07, 6.45) is 34.4. The summed E-state index contributed by atoms with van der Waals surface area (Å²) < 4.78 is 0. The van der Waals surface area contributed by atoms with E-state index >= 15 is 0 Å². The first kappa shape index (κ1) is 27.0. The minimum atomic E-state index is 0.624. The highest BCUT2D eigenvalue weighted by atomic mass is 14.5. The zero-order valence-electron chi connectivity index (χ0n) is 19.2. The Kier molecular flexibility index (Phi) is 25.9. The van der Waals surface area contributed by atoms with Gasteiger partial charge in [-0.25, -0.2) is 0 Å². The van der Waals surface area contributed by atoms with Crippen molar-refractivity contribution in [3.8, 4) is 0 Å². The maximum atomic E-state index is 7.13. The molecule has 0 aliphatic carbocycles. The third-order valence-electron chi connectivity index (χ3n) is 6.03. The molecule has 0 atom stereocenters. The average Bonchev–Trinajstić information content (AvgIpc) is 2.68. The molecule has 0 aliphatic rings. The Hall–Kier alpha value is -0.0400. The minimum absolute atomic E-state index is 0.624. The second kappa shape index (κ2) is 26.0. The van der Waals surface area contributed by atoms with Crippen LogP contribution in [0.25, 0.3) is 0 Å². The molecule has 0 saturated heterocycles. The third kappa shape index (κ3) is 26.0. The molecule has 0 aromatic heterocycles. The van der Waals surface area contributed by atoms with Crippen molar-refractivity contribution in [3.05, 3.63) is 0 Å². The summed E-state index contributed by atoms with van der Waals surface area (Å²) in [5.41, 5.74) is 7.13. The second-order valence-corrected chi connectivity index (χ2v) is 8.88. The van der Waals surface area contributed by atoms with E-state index in [9.17, 15) is 0 Å². The molecule has 0 aromatic rings. The van der Waals surface area contributed by atoms with Gasteiger partial charge in [-0.15, -0.1) is 0 Å². The predicted molar refractivity (Wildman–Crippen MR) is 124 cm³/mol. The minimum Gasteiger partial charge on any atom is -0.258 e. The van der Waals surface area contributed by atoms with E-state index in [1.807, 2.05) is 0 Å². The van der Waals surface area contributed by atoms with Crippen LogP contribution >= 0.6 is 0 Å². The number of rotatable bonds is 24. The maximum absolute atomic E-state index is 7.13. The Bertz CT molecular complexity index is 214. The molecule has 0 aromatic carbocycles. The Morgan fingerprint density at radius 3 is 0.667 bits per heavy atom. The lowest BCUT2D eigenvalue weighted by atomic mass is 10.0. The van der Waals surface area contributed by atoms with Crippen LogP contribution < -0.4 is 5.73 Å². The summed E-state index contributed by atoms with van der Waals surface area (Å²) in [6, 6.07) is 0. The summed E-state index contributed by atoms with van der Waals surface area (Å²) >= 11 is 0. The third-order valence-corrected chi connectivity index (χ3v) is 6.03. The zero-order chi connectivity index (χ0) is 19.7. The topological polar surface area (TPSA) is 23.8 Å². The molecule has 27 heavy (non-hydrogen) atoms. The van der Waals surface area contributed by atoms with Crippen molar-refractivity contribution >= 4 is 0 Å². The van der Waals surface area contributed by atoms with Gasteiger partial charge in [-0.05, 0) is 6.42 Å². The Labute approximate surface area is 173 Å². The molecule has 0 heterocycles. The van der Waals surface area contributed by atoms with Crippen molar-refractivity contribution in [3.63, 3.8) is 0 Å². The molecule has 0 aliphatic heterocycles. The molecule has 1 heteroatoms. The molecule has 0 amide bonds. The largest absolute Gasteiger partial charge is 0.258 e. The maximum Gasteiger partial charge on any atom is 0.00997 e. The quantitative estimate of drug-likeness (QED) is 0.149. The number of unbranched alkanes of at least 4 members (excludes halogenated alkanes) is 23. The molecule has 0 rings (SSSR count). The molecule has 0 unspecified atom stereocenters. The number of hydrogen-bond acceptors (Lipinski definition) is 0. The summed E-state index contributed by atoms with van der Waals surface area (Å²) in [7, 11) is 0. The van der Waals surface area contributed by atoms with Crippen molar-refractivity contribution in [1.29, 1.82) is 0 Å². The standard InChI is InChI=1S/C26H54N/c1-2-3-4-5-6-7-8-9-10-11-12-13-14-15-16-17-18-19-20-21-22-23-24-25-26-27/h27H,2-26H2,1H3. The van der Waals surface area contributed by atoms with E-state index in [4.69, 9.17) is 5.73 Å². The van der Waals surface area contributed by atoms with E-state index in [0.29, 0.717) is 6.54 Å². The van der Waals surface area contributed by atoms with Gasteiger partial charge in [0.25, 0.3) is 0 Å². The molecule has 0 fully saturated rings. The summed E-state index contributed by atoms with van der Waals surface area (Å²) in [6.45, 7) is 2.92. The van der Waals surface area contributed by atoms with Crippen LogP contribution in [-0.4, -0.2) is 6.54 Å². The highest BCUT2D eigenvalue weighted by Gasteiger charge is 1.95. The lowest BCUT2D eigenvalue weighted by Crippen LogP contribution is -1.86. The van der Waals surface area contributed by atoms with Crippen LogP contribution in [0.15, 0.2) is 0 Å². The van der Waals surface area contributed by atoms with Crippen molar-refractivity contribution < 1.29 is 0 Å². The van der Waals surface area contributed by atoms with Crippen LogP contribution in [0.1, 0.15) is 161 Å². The molecule has 1 radical (unpaired) electrons. The monoisotopic (exact) mass is 380 g/mol. The smallest absolute Gasteiger partial charge is 0.00997 e. The highest BCUT2D eigenvalue weighted by molar-refractivity contribution is 4.51. The zero-order valence-corrected chi connectivity index (χ0v) is 19.2. The molecule has 0 saturated carbocycles. The van der Waals surface area contributed by atoms with Crippen LogP contribution in [0.5, 0.6) is 0 Å². The van der Waals surface area contributed by atoms with Gasteiger partial charge in [0, 0.05) is 6.54 Å². The molecule has 1 nitrogen and oxygen atoms in total. The Morgan fingerprint density at radius 1 is 0.296 bits per heavy atom. The molecular formula is C26H54N. The van der Waals surface area contributed by atoms with Gasteiger partial charge in [0.05, 0.1) is 0 Å². The number of hydrogen-bond donors (Lipinski definition) is 0. The first-order valence-corrected chi connectivity index (χ1v) is 13.1. The van der Waals surface area contributed by atoms with Crippen LogP contribution in [-0.2, 0) is 0 Å². The summed E-state index contributed by atoms with van der Waals surface area (Å²) in [4.78, 5) is 0. The van der Waals surface area contributed by atoms with E-state index < -0.39 is 0 Å². The van der Waals surface area contributed by atoms with Crippen molar-refractivity contribution in [2.75, 3.05) is 6.54 Å². The molecule has 0 spiro atoms. The van der Waals surface area contributed by atoms with Crippen LogP contribution in [0, 0.1) is 0 Å². The van der Waals surface area contributed by atoms with Gasteiger partial charge < -0.3 is 0 Å². The first-order chi connectivity index (χ1) is 13.4. The molecule has 1 N–H and O–H groups in total. The van der Waals surface area contributed by atoms with E-state index in [2.05, 4.69) is 6.92 Å². The van der Waals surface area contributed by atoms with Crippen LogP contribution in [0.3, 0.4) is 0 Å². The van der Waals surface area contributed by atoms with Crippen molar-refractivity contribution in [2.45, 2.75) is 161 Å². The number of nitrogens with one attached hydrogen (secondary N) is 1.